The molecule has 2 heterocycles. The van der Waals surface area contributed by atoms with Crippen LogP contribution >= 0.6 is 0 Å². The number of carbonyl (C=O) groups is 2. The molecule has 1 aliphatic heterocycles. The van der Waals surface area contributed by atoms with Crippen LogP contribution in [-0.4, -0.2) is 39.9 Å². The number of hydrogen-bond acceptors (Lipinski definition) is 5. The van der Waals surface area contributed by atoms with E-state index >= 15 is 0 Å². The first-order valence-electron chi connectivity index (χ1n) is 7.73. The SMILES string of the molecule is Cc1noc(C2CN(C(=O)c3cccc(C(F)(F)F)c3)CC2C(N)=O)n1. The fourth-order valence-electron chi connectivity index (χ4n) is 2.98. The van der Waals surface area contributed by atoms with Gasteiger partial charge in [-0.15, -0.1) is 0 Å². The normalized spacial score (nSPS) is 20.4. The molecule has 0 saturated carbocycles. The Morgan fingerprint density at radius 3 is 2.62 bits per heavy atom. The maximum absolute atomic E-state index is 12.8. The third-order valence-electron chi connectivity index (χ3n) is 4.27. The number of alkyl halides is 3. The molecule has 2 aromatic rings. The molecule has 0 aliphatic carbocycles. The van der Waals surface area contributed by atoms with Gasteiger partial charge in [-0.1, -0.05) is 11.2 Å². The van der Waals surface area contributed by atoms with Crippen molar-refractivity contribution in [2.24, 2.45) is 11.7 Å². The number of aryl methyl sites for hydroxylation is 1. The van der Waals surface area contributed by atoms with Gasteiger partial charge in [-0.3, -0.25) is 9.59 Å². The molecular formula is C16H15F3N4O3. The van der Waals surface area contributed by atoms with Crippen LogP contribution < -0.4 is 5.73 Å². The highest BCUT2D eigenvalue weighted by atomic mass is 19.4. The summed E-state index contributed by atoms with van der Waals surface area (Å²) in [5.74, 6) is -2.09. The summed E-state index contributed by atoms with van der Waals surface area (Å²) in [6.45, 7) is 1.62. The largest absolute Gasteiger partial charge is 0.416 e. The minimum atomic E-state index is -4.55. The maximum Gasteiger partial charge on any atom is 0.416 e. The minimum Gasteiger partial charge on any atom is -0.369 e. The highest BCUT2D eigenvalue weighted by Gasteiger charge is 2.43. The molecule has 1 aromatic carbocycles. The Kier molecular flexibility index (Phi) is 4.43. The highest BCUT2D eigenvalue weighted by Crippen LogP contribution is 2.34. The minimum absolute atomic E-state index is 0.0312. The van der Waals surface area contributed by atoms with Crippen LogP contribution in [0.4, 0.5) is 13.2 Å². The molecule has 2 N–H and O–H groups in total. The van der Waals surface area contributed by atoms with Crippen molar-refractivity contribution in [2.45, 2.75) is 19.0 Å². The van der Waals surface area contributed by atoms with Gasteiger partial charge in [-0.05, 0) is 25.1 Å². The summed E-state index contributed by atoms with van der Waals surface area (Å²) in [6.07, 6.45) is -4.55. The summed E-state index contributed by atoms with van der Waals surface area (Å²) in [4.78, 5) is 29.7. The molecular weight excluding hydrogens is 353 g/mol. The second kappa shape index (κ2) is 6.43. The summed E-state index contributed by atoms with van der Waals surface area (Å²) >= 11 is 0. The molecule has 3 rings (SSSR count). The molecule has 1 fully saturated rings. The molecule has 2 amide bonds. The zero-order valence-corrected chi connectivity index (χ0v) is 13.7. The second-order valence-electron chi connectivity index (χ2n) is 6.08. The van der Waals surface area contributed by atoms with Crippen LogP contribution in [0.15, 0.2) is 28.8 Å². The van der Waals surface area contributed by atoms with Gasteiger partial charge in [0.25, 0.3) is 5.91 Å². The number of benzene rings is 1. The van der Waals surface area contributed by atoms with E-state index < -0.39 is 35.4 Å². The average molecular weight is 368 g/mol. The number of amides is 2. The number of rotatable bonds is 3. The van der Waals surface area contributed by atoms with E-state index in [0.717, 1.165) is 18.2 Å². The molecule has 7 nitrogen and oxygen atoms in total. The van der Waals surface area contributed by atoms with Gasteiger partial charge in [0.2, 0.25) is 11.8 Å². The fraction of sp³-hybridized carbons (Fsp3) is 0.375. The Morgan fingerprint density at radius 1 is 1.31 bits per heavy atom. The first kappa shape index (κ1) is 17.9. The van der Waals surface area contributed by atoms with Crippen molar-refractivity contribution in [1.29, 1.82) is 0 Å². The summed E-state index contributed by atoms with van der Waals surface area (Å²) in [6, 6.07) is 4.13. The quantitative estimate of drug-likeness (QED) is 0.889. The lowest BCUT2D eigenvalue weighted by Gasteiger charge is -2.17. The summed E-state index contributed by atoms with van der Waals surface area (Å²) < 4.78 is 43.6. The molecule has 2 unspecified atom stereocenters. The lowest BCUT2D eigenvalue weighted by molar-refractivity contribution is -0.137. The fourth-order valence-corrected chi connectivity index (χ4v) is 2.98. The van der Waals surface area contributed by atoms with Crippen LogP contribution in [0, 0.1) is 12.8 Å². The molecule has 1 aliphatic rings. The van der Waals surface area contributed by atoms with E-state index in [1.54, 1.807) is 6.92 Å². The van der Waals surface area contributed by atoms with Crippen molar-refractivity contribution >= 4 is 11.8 Å². The van der Waals surface area contributed by atoms with Crippen molar-refractivity contribution < 1.29 is 27.3 Å². The van der Waals surface area contributed by atoms with E-state index in [1.807, 2.05) is 0 Å². The van der Waals surface area contributed by atoms with Crippen LogP contribution in [0.5, 0.6) is 0 Å². The number of aromatic nitrogens is 2. The molecule has 1 aromatic heterocycles. The van der Waals surface area contributed by atoms with Crippen molar-refractivity contribution in [3.63, 3.8) is 0 Å². The highest BCUT2D eigenvalue weighted by molar-refractivity contribution is 5.95. The number of nitrogens with two attached hydrogens (primary N) is 1. The maximum atomic E-state index is 12.8. The average Bonchev–Trinajstić information content (AvgIpc) is 3.19. The summed E-state index contributed by atoms with van der Waals surface area (Å²) in [7, 11) is 0. The zero-order chi connectivity index (χ0) is 19.1. The summed E-state index contributed by atoms with van der Waals surface area (Å²) in [5, 5.41) is 3.65. The third-order valence-corrected chi connectivity index (χ3v) is 4.27. The van der Waals surface area contributed by atoms with E-state index in [2.05, 4.69) is 10.1 Å². The summed E-state index contributed by atoms with van der Waals surface area (Å²) in [5.41, 5.74) is 4.36. The van der Waals surface area contributed by atoms with Gasteiger partial charge < -0.3 is 15.2 Å². The van der Waals surface area contributed by atoms with Gasteiger partial charge in [-0.25, -0.2) is 0 Å². The van der Waals surface area contributed by atoms with Gasteiger partial charge in [-0.2, -0.15) is 18.2 Å². The van der Waals surface area contributed by atoms with Gasteiger partial charge in [0.1, 0.15) is 0 Å². The molecule has 0 spiro atoms. The van der Waals surface area contributed by atoms with E-state index in [9.17, 15) is 22.8 Å². The topological polar surface area (TPSA) is 102 Å². The van der Waals surface area contributed by atoms with Crippen molar-refractivity contribution in [1.82, 2.24) is 15.0 Å². The van der Waals surface area contributed by atoms with Gasteiger partial charge in [0, 0.05) is 18.7 Å². The number of carbonyl (C=O) groups excluding carboxylic acids is 2. The lowest BCUT2D eigenvalue weighted by Crippen LogP contribution is -2.32. The molecule has 138 valence electrons. The predicted molar refractivity (Wildman–Crippen MR) is 81.8 cm³/mol. The molecule has 0 bridgehead atoms. The molecule has 26 heavy (non-hydrogen) atoms. The zero-order valence-electron chi connectivity index (χ0n) is 13.7. The number of nitrogens with zero attached hydrogens (tertiary/aromatic N) is 3. The van der Waals surface area contributed by atoms with Gasteiger partial charge in [0.05, 0.1) is 17.4 Å². The number of halogens is 3. The van der Waals surface area contributed by atoms with Crippen LogP contribution in [0.3, 0.4) is 0 Å². The van der Waals surface area contributed by atoms with E-state index in [1.165, 1.54) is 11.0 Å². The Labute approximate surface area is 146 Å². The first-order valence-corrected chi connectivity index (χ1v) is 7.73. The number of likely N-dealkylation sites (tertiary alicyclic amines) is 1. The number of hydrogen-bond donors (Lipinski definition) is 1. The predicted octanol–water partition coefficient (Wildman–Crippen LogP) is 1.74. The monoisotopic (exact) mass is 368 g/mol. The van der Waals surface area contributed by atoms with Gasteiger partial charge in [0.15, 0.2) is 5.82 Å². The second-order valence-corrected chi connectivity index (χ2v) is 6.08. The Balaban J connectivity index is 1.86. The standard InChI is InChI=1S/C16H15F3N4O3/c1-8-21-14(26-22-8)12-7-23(6-11(12)13(20)24)15(25)9-3-2-4-10(5-9)16(17,18)19/h2-5,11-12H,6-7H2,1H3,(H2,20,24). The smallest absolute Gasteiger partial charge is 0.369 e. The van der Waals surface area contributed by atoms with Crippen LogP contribution in [0.1, 0.15) is 33.6 Å². The molecule has 1 saturated heterocycles. The van der Waals surface area contributed by atoms with Crippen molar-refractivity contribution in [3.8, 4) is 0 Å². The van der Waals surface area contributed by atoms with E-state index in [-0.39, 0.29) is 24.5 Å². The van der Waals surface area contributed by atoms with Crippen LogP contribution in [-0.2, 0) is 11.0 Å². The Bertz CT molecular complexity index is 849. The van der Waals surface area contributed by atoms with Crippen molar-refractivity contribution in [2.75, 3.05) is 13.1 Å². The van der Waals surface area contributed by atoms with Gasteiger partial charge >= 0.3 is 6.18 Å². The Hall–Kier alpha value is -2.91. The lowest BCUT2D eigenvalue weighted by atomic mass is 9.95. The number of primary amides is 1. The van der Waals surface area contributed by atoms with Crippen molar-refractivity contribution in [3.05, 3.63) is 47.1 Å². The van der Waals surface area contributed by atoms with Crippen LogP contribution in [0.2, 0.25) is 0 Å². The third kappa shape index (κ3) is 3.39. The molecule has 2 atom stereocenters. The Morgan fingerprint density at radius 2 is 2.04 bits per heavy atom. The van der Waals surface area contributed by atoms with Crippen LogP contribution in [0.25, 0.3) is 0 Å². The van der Waals surface area contributed by atoms with E-state index in [0.29, 0.717) is 5.82 Å². The molecule has 0 radical (unpaired) electrons. The first-order chi connectivity index (χ1) is 12.2. The van der Waals surface area contributed by atoms with E-state index in [4.69, 9.17) is 10.3 Å². The molecule has 10 heteroatoms.